The first-order valence-corrected chi connectivity index (χ1v) is 7.20. The van der Waals surface area contributed by atoms with Gasteiger partial charge in [-0.2, -0.15) is 5.26 Å². The van der Waals surface area contributed by atoms with Gasteiger partial charge in [0, 0.05) is 4.90 Å². The maximum atomic E-state index is 12.3. The van der Waals surface area contributed by atoms with Crippen LogP contribution < -0.4 is 5.32 Å². The van der Waals surface area contributed by atoms with E-state index in [1.54, 1.807) is 6.07 Å². The van der Waals surface area contributed by atoms with Crippen molar-refractivity contribution in [3.8, 4) is 6.07 Å². The first kappa shape index (κ1) is 13.0. The Morgan fingerprint density at radius 2 is 2.17 bits per heavy atom. The van der Waals surface area contributed by atoms with E-state index in [2.05, 4.69) is 11.4 Å². The molecule has 0 aromatic heterocycles. The molecule has 3 nitrogen and oxygen atoms in total. The van der Waals surface area contributed by atoms with E-state index >= 15 is 0 Å². The highest BCUT2D eigenvalue weighted by atomic mass is 32.2. The molecule has 1 atom stereocenters. The van der Waals surface area contributed by atoms with Crippen LogP contribution in [0.5, 0.6) is 0 Å². The van der Waals surface area contributed by atoms with Gasteiger partial charge in [-0.15, -0.1) is 11.8 Å². The van der Waals surface area contributed by atoms with Crippen molar-refractivity contribution in [3.63, 3.8) is 0 Å². The van der Waals surface area contributed by atoms with Crippen LogP contribution in [0, 0.1) is 17.2 Å². The van der Waals surface area contributed by atoms with E-state index < -0.39 is 5.54 Å². The maximum absolute atomic E-state index is 12.3. The van der Waals surface area contributed by atoms with Gasteiger partial charge in [0.15, 0.2) is 0 Å². The number of nitriles is 1. The van der Waals surface area contributed by atoms with Crippen LogP contribution in [0.3, 0.4) is 0 Å². The molecule has 4 heteroatoms. The molecule has 1 fully saturated rings. The van der Waals surface area contributed by atoms with Crippen molar-refractivity contribution in [1.82, 2.24) is 5.32 Å². The van der Waals surface area contributed by atoms with Crippen LogP contribution in [0.4, 0.5) is 0 Å². The molecule has 1 aliphatic carbocycles. The van der Waals surface area contributed by atoms with E-state index in [0.29, 0.717) is 11.5 Å². The van der Waals surface area contributed by atoms with Crippen molar-refractivity contribution >= 4 is 17.7 Å². The zero-order valence-electron chi connectivity index (χ0n) is 10.6. The molecule has 0 unspecified atom stereocenters. The van der Waals surface area contributed by atoms with Crippen molar-refractivity contribution < 1.29 is 4.79 Å². The molecule has 0 bridgehead atoms. The quantitative estimate of drug-likeness (QED) is 0.847. The Labute approximate surface area is 112 Å². The SMILES string of the molecule is CSc1ccccc1C(=O)N[C@](C)(C#N)C1CC1. The zero-order chi connectivity index (χ0) is 13.2. The molecule has 94 valence electrons. The normalized spacial score (nSPS) is 17.6. The van der Waals surface area contributed by atoms with Crippen LogP contribution in [0.1, 0.15) is 30.1 Å². The Bertz CT molecular complexity index is 505. The van der Waals surface area contributed by atoms with Gasteiger partial charge in [0.1, 0.15) is 5.54 Å². The third kappa shape index (κ3) is 2.51. The van der Waals surface area contributed by atoms with E-state index in [1.807, 2.05) is 31.4 Å². The fraction of sp³-hybridized carbons (Fsp3) is 0.429. The predicted molar refractivity (Wildman–Crippen MR) is 72.4 cm³/mol. The van der Waals surface area contributed by atoms with Crippen LogP contribution in [0.25, 0.3) is 0 Å². The molecule has 0 radical (unpaired) electrons. The predicted octanol–water partition coefficient (Wildman–Crippen LogP) is 2.83. The minimum atomic E-state index is -0.734. The number of thioether (sulfide) groups is 1. The summed E-state index contributed by atoms with van der Waals surface area (Å²) in [6, 6.07) is 9.71. The second-order valence-corrected chi connectivity index (χ2v) is 5.59. The highest BCUT2D eigenvalue weighted by molar-refractivity contribution is 7.98. The standard InChI is InChI=1S/C14H16N2OS/c1-14(9-15,10-7-8-10)16-13(17)11-5-3-4-6-12(11)18-2/h3-6,10H,7-8H2,1-2H3,(H,16,17)/t14-/m1/s1. The Hall–Kier alpha value is -1.47. The van der Waals surface area contributed by atoms with Crippen LogP contribution in [-0.4, -0.2) is 17.7 Å². The number of hydrogen-bond acceptors (Lipinski definition) is 3. The van der Waals surface area contributed by atoms with Crippen molar-refractivity contribution in [2.45, 2.75) is 30.2 Å². The highest BCUT2D eigenvalue weighted by Crippen LogP contribution is 2.39. The molecule has 1 saturated carbocycles. The molecular formula is C14H16N2OS. The number of rotatable bonds is 4. The molecule has 18 heavy (non-hydrogen) atoms. The summed E-state index contributed by atoms with van der Waals surface area (Å²) in [5.74, 6) is 0.142. The van der Waals surface area contributed by atoms with Gasteiger partial charge in [0.05, 0.1) is 11.6 Å². The number of amides is 1. The Kier molecular flexibility index (Phi) is 3.63. The fourth-order valence-electron chi connectivity index (χ4n) is 2.02. The molecule has 0 aliphatic heterocycles. The Morgan fingerprint density at radius 3 is 2.72 bits per heavy atom. The summed E-state index contributed by atoms with van der Waals surface area (Å²) in [7, 11) is 0. The van der Waals surface area contributed by atoms with Crippen molar-refractivity contribution in [3.05, 3.63) is 29.8 Å². The molecule has 1 aromatic rings. The van der Waals surface area contributed by atoms with E-state index in [0.717, 1.165) is 17.7 Å². The second kappa shape index (κ2) is 5.03. The lowest BCUT2D eigenvalue weighted by molar-refractivity contribution is 0.0914. The van der Waals surface area contributed by atoms with Gasteiger partial charge in [0.25, 0.3) is 5.91 Å². The molecule has 2 rings (SSSR count). The molecule has 1 N–H and O–H groups in total. The summed E-state index contributed by atoms with van der Waals surface area (Å²) in [4.78, 5) is 13.2. The zero-order valence-corrected chi connectivity index (χ0v) is 11.4. The molecule has 1 aromatic carbocycles. The van der Waals surface area contributed by atoms with Crippen molar-refractivity contribution in [1.29, 1.82) is 5.26 Å². The monoisotopic (exact) mass is 260 g/mol. The van der Waals surface area contributed by atoms with Gasteiger partial charge in [-0.05, 0) is 44.1 Å². The number of nitrogens with one attached hydrogen (secondary N) is 1. The minimum Gasteiger partial charge on any atom is -0.334 e. The number of nitrogens with zero attached hydrogens (tertiary/aromatic N) is 1. The number of carbonyl (C=O) groups excluding carboxylic acids is 1. The number of hydrogen-bond donors (Lipinski definition) is 1. The smallest absolute Gasteiger partial charge is 0.253 e. The number of benzene rings is 1. The molecule has 1 aliphatic rings. The average Bonchev–Trinajstić information content (AvgIpc) is 3.23. The largest absolute Gasteiger partial charge is 0.334 e. The van der Waals surface area contributed by atoms with Gasteiger partial charge in [-0.3, -0.25) is 4.79 Å². The maximum Gasteiger partial charge on any atom is 0.253 e. The molecule has 0 saturated heterocycles. The Balaban J connectivity index is 2.19. The molecule has 0 heterocycles. The van der Waals surface area contributed by atoms with Crippen LogP contribution in [-0.2, 0) is 0 Å². The average molecular weight is 260 g/mol. The van der Waals surface area contributed by atoms with Crippen molar-refractivity contribution in [2.24, 2.45) is 5.92 Å². The van der Waals surface area contributed by atoms with Gasteiger partial charge in [-0.25, -0.2) is 0 Å². The van der Waals surface area contributed by atoms with Gasteiger partial charge in [0.2, 0.25) is 0 Å². The van der Waals surface area contributed by atoms with Gasteiger partial charge < -0.3 is 5.32 Å². The van der Waals surface area contributed by atoms with Crippen molar-refractivity contribution in [2.75, 3.05) is 6.26 Å². The third-order valence-corrected chi connectivity index (χ3v) is 4.15. The minimum absolute atomic E-state index is 0.157. The van der Waals surface area contributed by atoms with E-state index in [1.165, 1.54) is 11.8 Å². The summed E-state index contributed by atoms with van der Waals surface area (Å²) < 4.78 is 0. The molecule has 0 spiro atoms. The van der Waals surface area contributed by atoms with Crippen LogP contribution in [0.2, 0.25) is 0 Å². The topological polar surface area (TPSA) is 52.9 Å². The van der Waals surface area contributed by atoms with Crippen LogP contribution in [0.15, 0.2) is 29.2 Å². The summed E-state index contributed by atoms with van der Waals surface area (Å²) >= 11 is 1.54. The first-order chi connectivity index (χ1) is 8.60. The lowest BCUT2D eigenvalue weighted by Crippen LogP contribution is -2.46. The lowest BCUT2D eigenvalue weighted by Gasteiger charge is -2.23. The van der Waals surface area contributed by atoms with Gasteiger partial charge in [-0.1, -0.05) is 12.1 Å². The third-order valence-electron chi connectivity index (χ3n) is 3.35. The first-order valence-electron chi connectivity index (χ1n) is 5.97. The summed E-state index contributed by atoms with van der Waals surface area (Å²) in [6.45, 7) is 1.81. The van der Waals surface area contributed by atoms with Gasteiger partial charge >= 0.3 is 0 Å². The fourth-order valence-corrected chi connectivity index (χ4v) is 2.61. The van der Waals surface area contributed by atoms with E-state index in [-0.39, 0.29) is 5.91 Å². The second-order valence-electron chi connectivity index (χ2n) is 4.74. The summed E-state index contributed by atoms with van der Waals surface area (Å²) in [5.41, 5.74) is -0.0880. The molecule has 1 amide bonds. The summed E-state index contributed by atoms with van der Waals surface area (Å²) in [5, 5.41) is 12.1. The Morgan fingerprint density at radius 1 is 1.50 bits per heavy atom. The summed E-state index contributed by atoms with van der Waals surface area (Å²) in [6.07, 6.45) is 3.99. The number of carbonyl (C=O) groups is 1. The van der Waals surface area contributed by atoms with Crippen LogP contribution >= 0.6 is 11.8 Å². The van der Waals surface area contributed by atoms with E-state index in [4.69, 9.17) is 0 Å². The molecular weight excluding hydrogens is 244 g/mol. The van der Waals surface area contributed by atoms with E-state index in [9.17, 15) is 10.1 Å². The highest BCUT2D eigenvalue weighted by Gasteiger charge is 2.43. The lowest BCUT2D eigenvalue weighted by atomic mass is 9.97.